The van der Waals surface area contributed by atoms with Crippen molar-refractivity contribution in [2.45, 2.75) is 16.2 Å². The molecule has 0 amide bonds. The molecule has 0 atom stereocenters. The van der Waals surface area contributed by atoms with Crippen LogP contribution in [0.25, 0.3) is 0 Å². The molecule has 0 saturated heterocycles. The Kier molecular flexibility index (Phi) is 5.86. The topological polar surface area (TPSA) is 26.3 Å². The summed E-state index contributed by atoms with van der Waals surface area (Å²) in [7, 11) is -0.464. The summed E-state index contributed by atoms with van der Waals surface area (Å²) in [6.45, 7) is 0. The third-order valence-electron chi connectivity index (χ3n) is 3.74. The molecular formula is C21H16F3O2S+. The Hall–Kier alpha value is -2.73. The fourth-order valence-corrected chi connectivity index (χ4v) is 4.53. The molecule has 27 heavy (non-hydrogen) atoms. The zero-order chi connectivity index (χ0) is 19.3. The van der Waals surface area contributed by atoms with E-state index in [2.05, 4.69) is 4.74 Å². The van der Waals surface area contributed by atoms with E-state index < -0.39 is 17.3 Å². The minimum atomic E-state index is -4.75. The van der Waals surface area contributed by atoms with Crippen LogP contribution in [0.3, 0.4) is 0 Å². The molecular weight excluding hydrogens is 373 g/mol. The van der Waals surface area contributed by atoms with E-state index in [1.54, 1.807) is 0 Å². The van der Waals surface area contributed by atoms with Crippen LogP contribution < -0.4 is 4.74 Å². The van der Waals surface area contributed by atoms with E-state index in [-0.39, 0.29) is 17.3 Å². The number of benzene rings is 3. The molecule has 6 heteroatoms. The molecule has 0 aliphatic heterocycles. The largest absolute Gasteiger partial charge is 0.573 e. The van der Waals surface area contributed by atoms with Gasteiger partial charge in [-0.1, -0.05) is 36.4 Å². The molecule has 0 fully saturated rings. The van der Waals surface area contributed by atoms with E-state index in [9.17, 15) is 18.0 Å². The molecule has 0 aromatic heterocycles. The Morgan fingerprint density at radius 3 is 1.70 bits per heavy atom. The number of halogens is 3. The smallest absolute Gasteiger partial charge is 0.406 e. The lowest BCUT2D eigenvalue weighted by Crippen LogP contribution is -2.18. The van der Waals surface area contributed by atoms with E-state index >= 15 is 0 Å². The van der Waals surface area contributed by atoms with Gasteiger partial charge in [0.25, 0.3) is 0 Å². The Morgan fingerprint density at radius 2 is 1.26 bits per heavy atom. The highest BCUT2D eigenvalue weighted by molar-refractivity contribution is 7.97. The van der Waals surface area contributed by atoms with Gasteiger partial charge in [-0.25, -0.2) is 0 Å². The van der Waals surface area contributed by atoms with Crippen LogP contribution in [0, 0.1) is 0 Å². The summed E-state index contributed by atoms with van der Waals surface area (Å²) >= 11 is 0. The Bertz CT molecular complexity index is 839. The summed E-state index contributed by atoms with van der Waals surface area (Å²) in [4.78, 5) is 14.8. The van der Waals surface area contributed by atoms with E-state index in [1.165, 1.54) is 12.1 Å². The molecule has 0 unspecified atom stereocenters. The van der Waals surface area contributed by atoms with Crippen molar-refractivity contribution in [1.29, 1.82) is 0 Å². The lowest BCUT2D eigenvalue weighted by Gasteiger charge is -2.10. The maximum Gasteiger partial charge on any atom is 0.573 e. The van der Waals surface area contributed by atoms with Crippen LogP contribution in [0.4, 0.5) is 13.2 Å². The van der Waals surface area contributed by atoms with Crippen molar-refractivity contribution >= 4 is 16.7 Å². The van der Waals surface area contributed by atoms with Gasteiger partial charge in [-0.3, -0.25) is 4.79 Å². The minimum absolute atomic E-state index is 0.135. The maximum atomic E-state index is 12.7. The predicted octanol–water partition coefficient (Wildman–Crippen LogP) is 5.50. The third-order valence-corrected chi connectivity index (χ3v) is 5.97. The van der Waals surface area contributed by atoms with Crippen molar-refractivity contribution in [3.63, 3.8) is 0 Å². The average molecular weight is 389 g/mol. The molecule has 0 heterocycles. The highest BCUT2D eigenvalue weighted by Crippen LogP contribution is 2.26. The first-order chi connectivity index (χ1) is 12.9. The zero-order valence-electron chi connectivity index (χ0n) is 14.1. The Morgan fingerprint density at radius 1 is 0.778 bits per heavy atom. The van der Waals surface area contributed by atoms with Gasteiger partial charge in [-0.15, -0.1) is 13.2 Å². The van der Waals surface area contributed by atoms with Gasteiger partial charge in [0.15, 0.2) is 15.5 Å². The summed E-state index contributed by atoms with van der Waals surface area (Å²) < 4.78 is 40.6. The van der Waals surface area contributed by atoms with Crippen molar-refractivity contribution < 1.29 is 22.7 Å². The number of carbonyl (C=O) groups is 1. The monoisotopic (exact) mass is 389 g/mol. The van der Waals surface area contributed by atoms with E-state index in [1.807, 2.05) is 60.7 Å². The number of Topliss-reactive ketones (excluding diaryl/α,β-unsaturated/α-hetero) is 1. The van der Waals surface area contributed by atoms with Crippen LogP contribution in [0.5, 0.6) is 5.75 Å². The standard InChI is InChI=1S/C21H16F3O2S/c22-21(23,24)26-17-13-11-16(12-14-17)20(25)15-27(18-7-3-1-4-8-18)19-9-5-2-6-10-19/h1-14H,15H2/q+1. The van der Waals surface area contributed by atoms with Gasteiger partial charge in [0.1, 0.15) is 5.75 Å². The number of ether oxygens (including phenoxy) is 1. The first-order valence-electron chi connectivity index (χ1n) is 8.12. The molecule has 0 aliphatic carbocycles. The predicted molar refractivity (Wildman–Crippen MR) is 99.1 cm³/mol. The zero-order valence-corrected chi connectivity index (χ0v) is 15.0. The van der Waals surface area contributed by atoms with Crippen molar-refractivity contribution in [2.75, 3.05) is 5.75 Å². The highest BCUT2D eigenvalue weighted by atomic mass is 32.2. The van der Waals surface area contributed by atoms with Crippen LogP contribution in [0.15, 0.2) is 94.7 Å². The Balaban J connectivity index is 1.81. The normalized spacial score (nSPS) is 11.4. The van der Waals surface area contributed by atoms with Crippen molar-refractivity contribution in [2.24, 2.45) is 0 Å². The maximum absolute atomic E-state index is 12.7. The van der Waals surface area contributed by atoms with Crippen LogP contribution in [0.1, 0.15) is 10.4 Å². The van der Waals surface area contributed by atoms with Crippen LogP contribution in [-0.4, -0.2) is 17.9 Å². The van der Waals surface area contributed by atoms with E-state index in [0.717, 1.165) is 21.9 Å². The van der Waals surface area contributed by atoms with Gasteiger partial charge in [-0.05, 0) is 48.5 Å². The number of carbonyl (C=O) groups excluding carboxylic acids is 1. The minimum Gasteiger partial charge on any atom is -0.406 e. The van der Waals surface area contributed by atoms with Gasteiger partial charge in [0.05, 0.1) is 10.9 Å². The molecule has 3 aromatic carbocycles. The van der Waals surface area contributed by atoms with Crippen molar-refractivity contribution in [1.82, 2.24) is 0 Å². The highest BCUT2D eigenvalue weighted by Gasteiger charge is 2.32. The number of hydrogen-bond acceptors (Lipinski definition) is 2. The number of rotatable bonds is 6. The number of alkyl halides is 3. The molecule has 0 N–H and O–H groups in total. The third kappa shape index (κ3) is 5.37. The van der Waals surface area contributed by atoms with Crippen molar-refractivity contribution in [3.05, 3.63) is 90.5 Å². The summed E-state index contributed by atoms with van der Waals surface area (Å²) in [6.07, 6.45) is -4.75. The number of hydrogen-bond donors (Lipinski definition) is 0. The summed E-state index contributed by atoms with van der Waals surface area (Å²) in [5, 5.41) is 0. The molecule has 0 radical (unpaired) electrons. The van der Waals surface area contributed by atoms with Gasteiger partial charge in [0, 0.05) is 5.56 Å². The molecule has 2 nitrogen and oxygen atoms in total. The average Bonchev–Trinajstić information content (AvgIpc) is 2.66. The fraction of sp³-hybridized carbons (Fsp3) is 0.0952. The first kappa shape index (κ1) is 19.0. The SMILES string of the molecule is O=C(C[S+](c1ccccc1)c1ccccc1)c1ccc(OC(F)(F)F)cc1. The second-order valence-corrected chi connectivity index (χ2v) is 7.67. The molecule has 0 bridgehead atoms. The van der Waals surface area contributed by atoms with Gasteiger partial charge >= 0.3 is 6.36 Å². The Labute approximate surface area is 158 Å². The summed E-state index contributed by atoms with van der Waals surface area (Å²) in [5.41, 5.74) is 0.355. The van der Waals surface area contributed by atoms with E-state index in [0.29, 0.717) is 5.56 Å². The molecule has 138 valence electrons. The first-order valence-corrected chi connectivity index (χ1v) is 9.52. The van der Waals surface area contributed by atoms with Crippen LogP contribution in [-0.2, 0) is 10.9 Å². The van der Waals surface area contributed by atoms with E-state index in [4.69, 9.17) is 0 Å². The number of ketones is 1. The molecule has 3 aromatic rings. The van der Waals surface area contributed by atoms with Crippen LogP contribution in [0.2, 0.25) is 0 Å². The second-order valence-electron chi connectivity index (χ2n) is 5.66. The summed E-state index contributed by atoms with van der Waals surface area (Å²) in [6, 6.07) is 24.5. The van der Waals surface area contributed by atoms with Gasteiger partial charge in [0.2, 0.25) is 5.78 Å². The fourth-order valence-electron chi connectivity index (χ4n) is 2.53. The van der Waals surface area contributed by atoms with Gasteiger partial charge in [-0.2, -0.15) is 0 Å². The van der Waals surface area contributed by atoms with Gasteiger partial charge < -0.3 is 4.74 Å². The quantitative estimate of drug-likeness (QED) is 0.411. The molecule has 0 spiro atoms. The summed E-state index contributed by atoms with van der Waals surface area (Å²) in [5.74, 6) is -0.234. The lowest BCUT2D eigenvalue weighted by atomic mass is 10.1. The second kappa shape index (κ2) is 8.31. The molecule has 3 rings (SSSR count). The molecule has 0 saturated carbocycles. The van der Waals surface area contributed by atoms with Crippen molar-refractivity contribution in [3.8, 4) is 5.75 Å². The molecule has 0 aliphatic rings. The lowest BCUT2D eigenvalue weighted by molar-refractivity contribution is -0.274. The van der Waals surface area contributed by atoms with Crippen LogP contribution >= 0.6 is 0 Å².